The van der Waals surface area contributed by atoms with Gasteiger partial charge >= 0.3 is 0 Å². The van der Waals surface area contributed by atoms with Gasteiger partial charge in [0.15, 0.2) is 0 Å². The van der Waals surface area contributed by atoms with Crippen LogP contribution >= 0.6 is 0 Å². The summed E-state index contributed by atoms with van der Waals surface area (Å²) in [6.07, 6.45) is 2.44. The van der Waals surface area contributed by atoms with Crippen LogP contribution in [0, 0.1) is 12.8 Å². The third kappa shape index (κ3) is 3.73. The van der Waals surface area contributed by atoms with Crippen molar-refractivity contribution < 1.29 is 4.74 Å². The predicted octanol–water partition coefficient (Wildman–Crippen LogP) is 3.77. The molecule has 1 aromatic carbocycles. The van der Waals surface area contributed by atoms with Gasteiger partial charge in [0, 0.05) is 19.2 Å². The molecular weight excluding hydrogens is 288 g/mol. The normalized spacial score (nSPS) is 15.5. The van der Waals surface area contributed by atoms with E-state index < -0.39 is 0 Å². The first-order valence-corrected chi connectivity index (χ1v) is 8.16. The van der Waals surface area contributed by atoms with E-state index in [9.17, 15) is 0 Å². The van der Waals surface area contributed by atoms with Gasteiger partial charge in [-0.25, -0.2) is 9.97 Å². The summed E-state index contributed by atoms with van der Waals surface area (Å²) in [5, 5.41) is 3.35. The second-order valence-corrected chi connectivity index (χ2v) is 6.15. The molecule has 122 valence electrons. The fourth-order valence-corrected chi connectivity index (χ4v) is 2.90. The number of piperidine rings is 1. The molecule has 0 unspecified atom stereocenters. The molecular formula is C18H24N4O. The van der Waals surface area contributed by atoms with Gasteiger partial charge in [-0.15, -0.1) is 0 Å². The number of benzene rings is 1. The first-order valence-electron chi connectivity index (χ1n) is 8.16. The van der Waals surface area contributed by atoms with Crippen molar-refractivity contribution in [2.45, 2.75) is 26.7 Å². The Morgan fingerprint density at radius 2 is 1.91 bits per heavy atom. The lowest BCUT2D eigenvalue weighted by molar-refractivity contribution is 0.417. The zero-order valence-electron chi connectivity index (χ0n) is 14.0. The highest BCUT2D eigenvalue weighted by molar-refractivity contribution is 5.65. The second kappa shape index (κ2) is 6.86. The van der Waals surface area contributed by atoms with Gasteiger partial charge < -0.3 is 15.0 Å². The molecule has 0 saturated carbocycles. The van der Waals surface area contributed by atoms with E-state index in [1.54, 1.807) is 7.11 Å². The summed E-state index contributed by atoms with van der Waals surface area (Å²) >= 11 is 0. The molecule has 3 rings (SSSR count). The number of para-hydroxylation sites is 2. The van der Waals surface area contributed by atoms with Crippen molar-refractivity contribution in [2.24, 2.45) is 5.92 Å². The van der Waals surface area contributed by atoms with E-state index in [1.807, 2.05) is 37.3 Å². The van der Waals surface area contributed by atoms with E-state index >= 15 is 0 Å². The van der Waals surface area contributed by atoms with Gasteiger partial charge in [-0.1, -0.05) is 19.1 Å². The molecule has 5 heteroatoms. The van der Waals surface area contributed by atoms with Gasteiger partial charge in [0.05, 0.1) is 12.8 Å². The van der Waals surface area contributed by atoms with Crippen molar-refractivity contribution in [1.29, 1.82) is 0 Å². The summed E-state index contributed by atoms with van der Waals surface area (Å²) < 4.78 is 5.39. The average Bonchev–Trinajstić information content (AvgIpc) is 2.55. The van der Waals surface area contributed by atoms with E-state index in [0.717, 1.165) is 47.9 Å². The highest BCUT2D eigenvalue weighted by Gasteiger charge is 2.18. The van der Waals surface area contributed by atoms with Crippen molar-refractivity contribution in [1.82, 2.24) is 9.97 Å². The Bertz CT molecular complexity index is 666. The van der Waals surface area contributed by atoms with Crippen LogP contribution < -0.4 is 15.0 Å². The molecule has 2 aromatic rings. The van der Waals surface area contributed by atoms with Crippen LogP contribution in [0.3, 0.4) is 0 Å². The van der Waals surface area contributed by atoms with Crippen molar-refractivity contribution in [3.8, 4) is 5.75 Å². The van der Waals surface area contributed by atoms with E-state index in [1.165, 1.54) is 12.8 Å². The standard InChI is InChI=1S/C18H24N4O/c1-13-8-10-22(11-9-13)18-12-17(19-14(2)20-18)21-15-6-4-5-7-16(15)23-3/h4-7,12-13H,8-11H2,1-3H3,(H,19,20,21). The zero-order chi connectivity index (χ0) is 16.2. The van der Waals surface area contributed by atoms with Crippen LogP contribution in [0.25, 0.3) is 0 Å². The number of methoxy groups -OCH3 is 1. The molecule has 1 N–H and O–H groups in total. The molecule has 2 heterocycles. The first-order chi connectivity index (χ1) is 11.2. The van der Waals surface area contributed by atoms with Crippen LogP contribution in [-0.4, -0.2) is 30.2 Å². The van der Waals surface area contributed by atoms with Crippen molar-refractivity contribution >= 4 is 17.3 Å². The molecule has 0 spiro atoms. The topological polar surface area (TPSA) is 50.3 Å². The monoisotopic (exact) mass is 312 g/mol. The zero-order valence-corrected chi connectivity index (χ0v) is 14.0. The Morgan fingerprint density at radius 3 is 2.65 bits per heavy atom. The SMILES string of the molecule is COc1ccccc1Nc1cc(N2CCC(C)CC2)nc(C)n1. The number of aryl methyl sites for hydroxylation is 1. The minimum atomic E-state index is 0.776. The van der Waals surface area contributed by atoms with Crippen molar-refractivity contribution in [3.05, 3.63) is 36.2 Å². The summed E-state index contributed by atoms with van der Waals surface area (Å²) in [4.78, 5) is 11.5. The maximum atomic E-state index is 5.39. The Balaban J connectivity index is 1.83. The number of hydrogen-bond acceptors (Lipinski definition) is 5. The number of hydrogen-bond donors (Lipinski definition) is 1. The summed E-state index contributed by atoms with van der Waals surface area (Å²) in [6.45, 7) is 6.37. The van der Waals surface area contributed by atoms with Gasteiger partial charge in [-0.2, -0.15) is 0 Å². The van der Waals surface area contributed by atoms with Gasteiger partial charge in [0.2, 0.25) is 0 Å². The second-order valence-electron chi connectivity index (χ2n) is 6.15. The molecule has 0 bridgehead atoms. The smallest absolute Gasteiger partial charge is 0.142 e. The number of nitrogens with zero attached hydrogens (tertiary/aromatic N) is 3. The molecule has 1 saturated heterocycles. The van der Waals surface area contributed by atoms with Gasteiger partial charge in [0.1, 0.15) is 23.2 Å². The molecule has 0 amide bonds. The molecule has 1 aliphatic heterocycles. The number of rotatable bonds is 4. The van der Waals surface area contributed by atoms with Crippen molar-refractivity contribution in [3.63, 3.8) is 0 Å². The third-order valence-electron chi connectivity index (χ3n) is 4.30. The van der Waals surface area contributed by atoms with E-state index in [2.05, 4.69) is 27.1 Å². The maximum absolute atomic E-state index is 5.39. The van der Waals surface area contributed by atoms with Crippen LogP contribution in [0.2, 0.25) is 0 Å². The van der Waals surface area contributed by atoms with Crippen molar-refractivity contribution in [2.75, 3.05) is 30.4 Å². The minimum Gasteiger partial charge on any atom is -0.495 e. The van der Waals surface area contributed by atoms with Gasteiger partial charge in [-0.05, 0) is 37.8 Å². The highest BCUT2D eigenvalue weighted by atomic mass is 16.5. The van der Waals surface area contributed by atoms with Gasteiger partial charge in [0.25, 0.3) is 0 Å². The van der Waals surface area contributed by atoms with Crippen LogP contribution in [0.15, 0.2) is 30.3 Å². The molecule has 1 fully saturated rings. The summed E-state index contributed by atoms with van der Waals surface area (Å²) in [5.41, 5.74) is 0.909. The largest absolute Gasteiger partial charge is 0.495 e. The van der Waals surface area contributed by atoms with Crippen LogP contribution in [0.4, 0.5) is 17.3 Å². The van der Waals surface area contributed by atoms with Gasteiger partial charge in [-0.3, -0.25) is 0 Å². The quantitative estimate of drug-likeness (QED) is 0.931. The lowest BCUT2D eigenvalue weighted by atomic mass is 9.99. The van der Waals surface area contributed by atoms with E-state index in [0.29, 0.717) is 0 Å². The molecule has 0 radical (unpaired) electrons. The van der Waals surface area contributed by atoms with Crippen LogP contribution in [0.1, 0.15) is 25.6 Å². The van der Waals surface area contributed by atoms with E-state index in [4.69, 9.17) is 4.74 Å². The predicted molar refractivity (Wildman–Crippen MR) is 93.7 cm³/mol. The fraction of sp³-hybridized carbons (Fsp3) is 0.444. The summed E-state index contributed by atoms with van der Waals surface area (Å²) in [5.74, 6) is 4.19. The summed E-state index contributed by atoms with van der Waals surface area (Å²) in [7, 11) is 1.67. The average molecular weight is 312 g/mol. The molecule has 0 aliphatic carbocycles. The summed E-state index contributed by atoms with van der Waals surface area (Å²) in [6, 6.07) is 9.87. The first kappa shape index (κ1) is 15.6. The minimum absolute atomic E-state index is 0.776. The Labute approximate surface area is 137 Å². The lowest BCUT2D eigenvalue weighted by Gasteiger charge is -2.31. The third-order valence-corrected chi connectivity index (χ3v) is 4.30. The maximum Gasteiger partial charge on any atom is 0.142 e. The Kier molecular flexibility index (Phi) is 4.65. The Hall–Kier alpha value is -2.30. The lowest BCUT2D eigenvalue weighted by Crippen LogP contribution is -2.33. The van der Waals surface area contributed by atoms with Crippen LogP contribution in [-0.2, 0) is 0 Å². The Morgan fingerprint density at radius 1 is 1.17 bits per heavy atom. The molecule has 1 aromatic heterocycles. The molecule has 5 nitrogen and oxygen atoms in total. The number of anilines is 3. The molecule has 23 heavy (non-hydrogen) atoms. The number of nitrogens with one attached hydrogen (secondary N) is 1. The van der Waals surface area contributed by atoms with Crippen LogP contribution in [0.5, 0.6) is 5.75 Å². The fourth-order valence-electron chi connectivity index (χ4n) is 2.90. The number of aromatic nitrogens is 2. The van der Waals surface area contributed by atoms with E-state index in [-0.39, 0.29) is 0 Å². The molecule has 0 atom stereocenters. The highest BCUT2D eigenvalue weighted by Crippen LogP contribution is 2.28. The molecule has 1 aliphatic rings. The number of ether oxygens (including phenoxy) is 1.